The summed E-state index contributed by atoms with van der Waals surface area (Å²) in [4.78, 5) is 0. The van der Waals surface area contributed by atoms with E-state index in [2.05, 4.69) is 136 Å². The summed E-state index contributed by atoms with van der Waals surface area (Å²) < 4.78 is 1.51. The van der Waals surface area contributed by atoms with Gasteiger partial charge in [-0.05, 0) is 0 Å². The summed E-state index contributed by atoms with van der Waals surface area (Å²) in [5.41, 5.74) is 14.7. The van der Waals surface area contributed by atoms with Gasteiger partial charge in [0.1, 0.15) is 0 Å². The van der Waals surface area contributed by atoms with E-state index < -0.39 is 0 Å². The van der Waals surface area contributed by atoms with Crippen molar-refractivity contribution in [3.8, 4) is 0 Å². The van der Waals surface area contributed by atoms with Crippen molar-refractivity contribution in [2.45, 2.75) is 67.2 Å². The molecular weight excluding hydrogens is 551 g/mol. The monoisotopic (exact) mass is 586 g/mol. The van der Waals surface area contributed by atoms with Crippen LogP contribution in [0, 0.1) is 47.5 Å². The van der Waals surface area contributed by atoms with Crippen LogP contribution in [0.5, 0.6) is 0 Å². The molecule has 0 unspecified atom stereocenters. The molecule has 4 rings (SSSR count). The van der Waals surface area contributed by atoms with Crippen LogP contribution in [0.3, 0.4) is 0 Å². The Morgan fingerprint density at radius 3 is 1.14 bits per heavy atom. The zero-order valence-corrected chi connectivity index (χ0v) is 27.0. The van der Waals surface area contributed by atoms with Crippen LogP contribution in [0.4, 0.5) is 0 Å². The summed E-state index contributed by atoms with van der Waals surface area (Å²) in [6, 6.07) is 21.4. The fourth-order valence-electron chi connectivity index (χ4n) is 6.14. The van der Waals surface area contributed by atoms with E-state index in [1.165, 1.54) is 65.1 Å². The zero-order valence-electron chi connectivity index (χ0n) is 23.2. The maximum atomic E-state index is 2.53. The van der Waals surface area contributed by atoms with Gasteiger partial charge < -0.3 is 37.2 Å². The summed E-state index contributed by atoms with van der Waals surface area (Å²) >= 11 is 2.33. The van der Waals surface area contributed by atoms with Gasteiger partial charge in [0.15, 0.2) is 0 Å². The van der Waals surface area contributed by atoms with Gasteiger partial charge >= 0.3 is 219 Å². The third-order valence-corrected chi connectivity index (χ3v) is 7.81. The molecule has 0 fully saturated rings. The Balaban J connectivity index is 0.00000228. The normalized spacial score (nSPS) is 13.1. The Hall–Kier alpha value is -1.28. The van der Waals surface area contributed by atoms with Crippen molar-refractivity contribution < 1.29 is 57.7 Å². The van der Waals surface area contributed by atoms with Crippen molar-refractivity contribution in [3.63, 3.8) is 0 Å². The van der Waals surface area contributed by atoms with Gasteiger partial charge in [-0.1, -0.05) is 0 Å². The molecule has 1 aliphatic carbocycles. The number of allylic oxidation sites excluding steroid dienone is 4. The standard InChI is InChI=1S/C33H37.3ClH.Ti/c1-21(2)31-10-9-11-32(31)33(28-15-22(3)12-23(4)16-28,29-17-24(5)13-25(6)18-29)30-19-26(7)14-27(8)20-30;;;;/h11-21H,9H2,1-8H3;3*1H;/q;;;;+3/p-3. The molecule has 0 amide bonds. The molecule has 0 saturated heterocycles. The van der Waals surface area contributed by atoms with Gasteiger partial charge in [-0.15, -0.1) is 0 Å². The van der Waals surface area contributed by atoms with Crippen LogP contribution in [0.1, 0.15) is 70.3 Å². The summed E-state index contributed by atoms with van der Waals surface area (Å²) in [7, 11) is 0. The van der Waals surface area contributed by atoms with Gasteiger partial charge in [0, 0.05) is 0 Å². The molecule has 0 N–H and O–H groups in total. The first-order chi connectivity index (χ1) is 16.0. The Kier molecular flexibility index (Phi) is 12.0. The molecule has 0 aliphatic heterocycles. The zero-order chi connectivity index (χ0) is 24.8. The minimum absolute atomic E-state index is 0. The van der Waals surface area contributed by atoms with Crippen molar-refractivity contribution in [1.82, 2.24) is 0 Å². The number of rotatable bonds is 5. The second kappa shape index (κ2) is 13.2. The first-order valence-corrected chi connectivity index (χ1v) is 13.2. The molecule has 194 valence electrons. The quantitative estimate of drug-likeness (QED) is 0.284. The second-order valence-corrected chi connectivity index (χ2v) is 11.7. The third-order valence-electron chi connectivity index (χ3n) is 7.07. The fourth-order valence-corrected chi connectivity index (χ4v) is 6.96. The molecule has 1 aliphatic rings. The van der Waals surface area contributed by atoms with E-state index in [0.717, 1.165) is 6.42 Å². The molecule has 0 heterocycles. The molecule has 3 aromatic carbocycles. The topological polar surface area (TPSA) is 0 Å². The molecule has 0 nitrogen and oxygen atoms in total. The van der Waals surface area contributed by atoms with E-state index in [-0.39, 0.29) is 42.6 Å². The largest absolute Gasteiger partial charge is 1.00 e. The molecule has 0 atom stereocenters. The number of hydrogen-bond acceptors (Lipinski definition) is 0. The minimum atomic E-state index is -0.359. The molecule has 3 aromatic rings. The predicted molar refractivity (Wildman–Crippen MR) is 142 cm³/mol. The number of halogens is 3. The van der Waals surface area contributed by atoms with E-state index >= 15 is 0 Å². The van der Waals surface area contributed by atoms with Crippen LogP contribution >= 0.6 is 0 Å². The Labute approximate surface area is 255 Å². The number of hydrogen-bond donors (Lipinski definition) is 0. The van der Waals surface area contributed by atoms with Gasteiger partial charge in [0.2, 0.25) is 0 Å². The van der Waals surface area contributed by atoms with Crippen LogP contribution in [0.25, 0.3) is 0 Å². The second-order valence-electron chi connectivity index (χ2n) is 10.7. The van der Waals surface area contributed by atoms with E-state index in [9.17, 15) is 0 Å². The fraction of sp³-hybridized carbons (Fsp3) is 0.333. The Morgan fingerprint density at radius 2 is 0.865 bits per heavy atom. The van der Waals surface area contributed by atoms with Crippen LogP contribution in [-0.2, 0) is 25.9 Å². The van der Waals surface area contributed by atoms with E-state index in [1.807, 2.05) is 0 Å². The Bertz CT molecular complexity index is 1150. The van der Waals surface area contributed by atoms with Gasteiger partial charge in [-0.3, -0.25) is 0 Å². The smallest absolute Gasteiger partial charge is 1.00 e. The van der Waals surface area contributed by atoms with Crippen molar-refractivity contribution in [2.75, 3.05) is 0 Å². The van der Waals surface area contributed by atoms with Crippen molar-refractivity contribution in [3.05, 3.63) is 126 Å². The molecule has 0 aromatic heterocycles. The molecule has 0 bridgehead atoms. The van der Waals surface area contributed by atoms with E-state index in [1.54, 1.807) is 0 Å². The van der Waals surface area contributed by atoms with Crippen LogP contribution in [0.2, 0.25) is 0 Å². The van der Waals surface area contributed by atoms with Crippen LogP contribution < -0.4 is 37.2 Å². The van der Waals surface area contributed by atoms with Crippen LogP contribution in [-0.4, -0.2) is 0 Å². The van der Waals surface area contributed by atoms with E-state index in [4.69, 9.17) is 0 Å². The maximum Gasteiger partial charge on any atom is -1.00 e. The molecule has 0 spiro atoms. The molecule has 0 radical (unpaired) electrons. The molecule has 4 heteroatoms. The van der Waals surface area contributed by atoms with Gasteiger partial charge in [-0.2, -0.15) is 0 Å². The van der Waals surface area contributed by atoms with Gasteiger partial charge in [0.05, 0.1) is 0 Å². The SMILES string of the molecule is Cc1cc(C)cc(C(C2=CC[C]([Ti+3])=C2C(C)C)(c2cc(C)cc(C)c2)c2cc(C)cc(C)c2)c1.[Cl-].[Cl-].[Cl-]. The summed E-state index contributed by atoms with van der Waals surface area (Å²) in [5.74, 6) is 0.468. The maximum absolute atomic E-state index is 2.53. The van der Waals surface area contributed by atoms with Crippen molar-refractivity contribution in [1.29, 1.82) is 0 Å². The van der Waals surface area contributed by atoms with Crippen molar-refractivity contribution >= 4 is 0 Å². The molecule has 37 heavy (non-hydrogen) atoms. The summed E-state index contributed by atoms with van der Waals surface area (Å²) in [6.45, 7) is 18.1. The minimum Gasteiger partial charge on any atom is -1.00 e. The number of aryl methyl sites for hydroxylation is 6. The predicted octanol–water partition coefficient (Wildman–Crippen LogP) is -0.329. The third kappa shape index (κ3) is 6.48. The summed E-state index contributed by atoms with van der Waals surface area (Å²) in [6.07, 6.45) is 3.56. The summed E-state index contributed by atoms with van der Waals surface area (Å²) in [5, 5.41) is 0. The first kappa shape index (κ1) is 33.8. The molecular formula is C33H37Cl3Ti. The average Bonchev–Trinajstić information content (AvgIpc) is 3.08. The molecule has 0 saturated carbocycles. The van der Waals surface area contributed by atoms with E-state index in [0.29, 0.717) is 5.92 Å². The first-order valence-electron chi connectivity index (χ1n) is 12.4. The van der Waals surface area contributed by atoms with Crippen LogP contribution in [0.15, 0.2) is 75.7 Å². The number of benzene rings is 3. The average molecular weight is 588 g/mol. The van der Waals surface area contributed by atoms with Gasteiger partial charge in [0.25, 0.3) is 0 Å². The van der Waals surface area contributed by atoms with Crippen molar-refractivity contribution in [2.24, 2.45) is 5.92 Å². The Morgan fingerprint density at radius 1 is 0.568 bits per heavy atom. The van der Waals surface area contributed by atoms with Gasteiger partial charge in [-0.25, -0.2) is 0 Å².